The topological polar surface area (TPSA) is 60.9 Å². The average molecular weight is 472 g/mol. The van der Waals surface area contributed by atoms with Crippen molar-refractivity contribution in [1.29, 1.82) is 0 Å². The first-order valence-corrected chi connectivity index (χ1v) is 13.2. The number of carbonyl (C=O) groups excluding carboxylic acids is 3. The van der Waals surface area contributed by atoms with Crippen LogP contribution in [0.4, 0.5) is 5.69 Å². The molecule has 0 N–H and O–H groups in total. The molecule has 6 heteroatoms. The molecule has 2 aromatic carbocycles. The Balaban J connectivity index is 1.16. The van der Waals surface area contributed by atoms with E-state index in [-0.39, 0.29) is 29.7 Å². The molecule has 0 unspecified atom stereocenters. The summed E-state index contributed by atoms with van der Waals surface area (Å²) in [5.74, 6) is 0.381. The van der Waals surface area contributed by atoms with E-state index >= 15 is 0 Å². The highest BCUT2D eigenvalue weighted by molar-refractivity contribution is 6.24. The summed E-state index contributed by atoms with van der Waals surface area (Å²) in [6.07, 6.45) is 6.76. The van der Waals surface area contributed by atoms with Crippen LogP contribution in [0.2, 0.25) is 0 Å². The summed E-state index contributed by atoms with van der Waals surface area (Å²) >= 11 is 0. The molecule has 3 aliphatic heterocycles. The highest BCUT2D eigenvalue weighted by Crippen LogP contribution is 2.39. The zero-order valence-electron chi connectivity index (χ0n) is 20.2. The van der Waals surface area contributed by atoms with Gasteiger partial charge in [-0.3, -0.25) is 19.3 Å². The van der Waals surface area contributed by atoms with Crippen LogP contribution in [0, 0.1) is 5.92 Å². The van der Waals surface area contributed by atoms with Crippen molar-refractivity contribution in [2.24, 2.45) is 5.92 Å². The summed E-state index contributed by atoms with van der Waals surface area (Å²) < 4.78 is 0. The van der Waals surface area contributed by atoms with Gasteiger partial charge >= 0.3 is 0 Å². The molecule has 3 heterocycles. The Bertz CT molecular complexity index is 1140. The minimum absolute atomic E-state index is 0.0636. The Kier molecular flexibility index (Phi) is 5.83. The number of benzene rings is 2. The van der Waals surface area contributed by atoms with Crippen molar-refractivity contribution < 1.29 is 14.4 Å². The van der Waals surface area contributed by atoms with E-state index < -0.39 is 0 Å². The lowest BCUT2D eigenvalue weighted by Gasteiger charge is -2.36. The highest BCUT2D eigenvalue weighted by atomic mass is 16.2. The lowest BCUT2D eigenvalue weighted by molar-refractivity contribution is -0.135. The number of carbonyl (C=O) groups is 3. The van der Waals surface area contributed by atoms with Crippen LogP contribution >= 0.6 is 0 Å². The maximum Gasteiger partial charge on any atom is 0.263 e. The fourth-order valence-electron chi connectivity index (χ4n) is 6.24. The zero-order valence-corrected chi connectivity index (χ0v) is 20.2. The molecule has 2 aromatic rings. The Morgan fingerprint density at radius 3 is 2.37 bits per heavy atom. The van der Waals surface area contributed by atoms with Gasteiger partial charge in [0.1, 0.15) is 0 Å². The molecule has 2 atom stereocenters. The molecule has 0 aromatic heterocycles. The second-order valence-corrected chi connectivity index (χ2v) is 10.6. The standard InChI is InChI=1S/C29H33N3O3/c33-27(30-16-5-9-21(15-18-30)20-7-2-1-3-8-20)22-10-6-17-31(19-22)25-12-4-11-24-26(25)29(35)32(28(24)34)23-13-14-23/h1-4,7-8,11-12,21-23H,5-6,9-10,13-19H2/t21-,22+/m0/s1. The Morgan fingerprint density at radius 2 is 1.57 bits per heavy atom. The summed E-state index contributed by atoms with van der Waals surface area (Å²) in [5, 5.41) is 0. The van der Waals surface area contributed by atoms with Gasteiger partial charge in [0.05, 0.1) is 22.7 Å². The second kappa shape index (κ2) is 9.14. The summed E-state index contributed by atoms with van der Waals surface area (Å²) in [6.45, 7) is 3.04. The molecule has 6 nitrogen and oxygen atoms in total. The third-order valence-corrected chi connectivity index (χ3v) is 8.26. The van der Waals surface area contributed by atoms with Crippen molar-refractivity contribution in [3.05, 3.63) is 65.2 Å². The van der Waals surface area contributed by atoms with Gasteiger partial charge in [-0.1, -0.05) is 36.4 Å². The van der Waals surface area contributed by atoms with Crippen LogP contribution in [0.25, 0.3) is 0 Å². The number of anilines is 1. The number of nitrogens with zero attached hydrogens (tertiary/aromatic N) is 3. The van der Waals surface area contributed by atoms with Crippen LogP contribution in [0.1, 0.15) is 77.1 Å². The average Bonchev–Trinajstić information content (AvgIpc) is 3.73. The van der Waals surface area contributed by atoms with Crippen molar-refractivity contribution in [1.82, 2.24) is 9.80 Å². The van der Waals surface area contributed by atoms with Crippen LogP contribution in [0.3, 0.4) is 0 Å². The number of fused-ring (bicyclic) bond motifs is 1. The van der Waals surface area contributed by atoms with E-state index in [1.54, 1.807) is 6.07 Å². The molecular formula is C29H33N3O3. The van der Waals surface area contributed by atoms with Gasteiger partial charge in [0.15, 0.2) is 0 Å². The first-order valence-electron chi connectivity index (χ1n) is 13.2. The molecule has 6 rings (SSSR count). The van der Waals surface area contributed by atoms with Crippen molar-refractivity contribution in [2.75, 3.05) is 31.1 Å². The largest absolute Gasteiger partial charge is 0.370 e. The molecule has 0 spiro atoms. The third-order valence-electron chi connectivity index (χ3n) is 8.26. The smallest absolute Gasteiger partial charge is 0.263 e. The maximum atomic E-state index is 13.6. The number of amides is 3. The molecule has 2 saturated heterocycles. The number of piperidine rings is 1. The SMILES string of the molecule is O=C([C@@H]1CCCN(c2cccc3c2C(=O)N(C2CC2)C3=O)C1)N1CCC[C@H](c2ccccc2)CC1. The first-order chi connectivity index (χ1) is 17.1. The van der Waals surface area contributed by atoms with E-state index in [1.807, 2.05) is 12.1 Å². The minimum Gasteiger partial charge on any atom is -0.370 e. The zero-order chi connectivity index (χ0) is 23.9. The van der Waals surface area contributed by atoms with Gasteiger partial charge in [-0.15, -0.1) is 0 Å². The second-order valence-electron chi connectivity index (χ2n) is 10.6. The quantitative estimate of drug-likeness (QED) is 0.618. The van der Waals surface area contributed by atoms with Crippen LogP contribution in [-0.4, -0.2) is 59.7 Å². The molecule has 4 aliphatic rings. The van der Waals surface area contributed by atoms with E-state index in [4.69, 9.17) is 0 Å². The fourth-order valence-corrected chi connectivity index (χ4v) is 6.24. The van der Waals surface area contributed by atoms with E-state index in [2.05, 4.69) is 40.1 Å². The normalized spacial score (nSPS) is 25.0. The summed E-state index contributed by atoms with van der Waals surface area (Å²) in [7, 11) is 0. The maximum absolute atomic E-state index is 13.6. The lowest BCUT2D eigenvalue weighted by Crippen LogP contribution is -2.45. The number of likely N-dealkylation sites (tertiary alicyclic amines) is 1. The van der Waals surface area contributed by atoms with Crippen LogP contribution in [0.5, 0.6) is 0 Å². The van der Waals surface area contributed by atoms with Gasteiger partial charge in [0.2, 0.25) is 5.91 Å². The predicted octanol–water partition coefficient (Wildman–Crippen LogP) is 4.46. The van der Waals surface area contributed by atoms with Crippen molar-refractivity contribution >= 4 is 23.4 Å². The fraction of sp³-hybridized carbons (Fsp3) is 0.483. The van der Waals surface area contributed by atoms with E-state index in [9.17, 15) is 14.4 Å². The molecule has 182 valence electrons. The van der Waals surface area contributed by atoms with Crippen molar-refractivity contribution in [3.63, 3.8) is 0 Å². The molecule has 1 saturated carbocycles. The van der Waals surface area contributed by atoms with Crippen molar-refractivity contribution in [2.45, 2.75) is 56.9 Å². The third kappa shape index (κ3) is 4.13. The van der Waals surface area contributed by atoms with Gasteiger partial charge in [-0.05, 0) is 68.6 Å². The molecule has 3 fully saturated rings. The Hall–Kier alpha value is -3.15. The van der Waals surface area contributed by atoms with E-state index in [1.165, 1.54) is 10.5 Å². The van der Waals surface area contributed by atoms with Crippen LogP contribution in [-0.2, 0) is 4.79 Å². The van der Waals surface area contributed by atoms with Crippen LogP contribution in [0.15, 0.2) is 48.5 Å². The molecule has 35 heavy (non-hydrogen) atoms. The van der Waals surface area contributed by atoms with Gasteiger partial charge in [-0.2, -0.15) is 0 Å². The molecule has 3 amide bonds. The summed E-state index contributed by atoms with van der Waals surface area (Å²) in [6, 6.07) is 16.3. The number of hydrogen-bond donors (Lipinski definition) is 0. The minimum atomic E-state index is -0.156. The summed E-state index contributed by atoms with van der Waals surface area (Å²) in [5.41, 5.74) is 3.26. The van der Waals surface area contributed by atoms with E-state index in [0.29, 0.717) is 23.6 Å². The van der Waals surface area contributed by atoms with Gasteiger partial charge in [-0.25, -0.2) is 0 Å². The molecular weight excluding hydrogens is 438 g/mol. The number of rotatable bonds is 4. The highest BCUT2D eigenvalue weighted by Gasteiger charge is 2.46. The summed E-state index contributed by atoms with van der Waals surface area (Å²) in [4.78, 5) is 45.4. The molecule has 0 bridgehead atoms. The molecule has 1 aliphatic carbocycles. The van der Waals surface area contributed by atoms with Gasteiger partial charge < -0.3 is 9.80 Å². The predicted molar refractivity (Wildman–Crippen MR) is 135 cm³/mol. The monoisotopic (exact) mass is 471 g/mol. The lowest BCUT2D eigenvalue weighted by atomic mass is 9.92. The van der Waals surface area contributed by atoms with E-state index in [0.717, 1.165) is 70.3 Å². The molecule has 0 radical (unpaired) electrons. The Labute approximate surface area is 206 Å². The number of imide groups is 1. The number of hydrogen-bond acceptors (Lipinski definition) is 4. The van der Waals surface area contributed by atoms with Crippen LogP contribution < -0.4 is 4.90 Å². The Morgan fingerprint density at radius 1 is 0.771 bits per heavy atom. The first kappa shape index (κ1) is 22.3. The van der Waals surface area contributed by atoms with Gasteiger partial charge in [0.25, 0.3) is 11.8 Å². The van der Waals surface area contributed by atoms with Gasteiger partial charge in [0, 0.05) is 32.2 Å². The van der Waals surface area contributed by atoms with Crippen molar-refractivity contribution in [3.8, 4) is 0 Å².